The van der Waals surface area contributed by atoms with E-state index in [1.807, 2.05) is 0 Å². The van der Waals surface area contributed by atoms with E-state index < -0.39 is 0 Å². The average Bonchev–Trinajstić information content (AvgIpc) is 2.75. The molecule has 1 fully saturated rings. The molecule has 2 aromatic rings. The van der Waals surface area contributed by atoms with E-state index >= 15 is 0 Å². The molecule has 31 heavy (non-hydrogen) atoms. The van der Waals surface area contributed by atoms with Crippen LogP contribution < -0.4 is 10.2 Å². The van der Waals surface area contributed by atoms with E-state index in [1.54, 1.807) is 16.7 Å². The molecule has 1 heterocycles. The lowest BCUT2D eigenvalue weighted by Crippen LogP contribution is -2.49. The Hall–Kier alpha value is -2.67. The van der Waals surface area contributed by atoms with Gasteiger partial charge in [-0.05, 0) is 44.0 Å². The van der Waals surface area contributed by atoms with E-state index in [2.05, 4.69) is 66.5 Å². The first-order chi connectivity index (χ1) is 14.9. The van der Waals surface area contributed by atoms with Gasteiger partial charge in [0, 0.05) is 49.4 Å². The van der Waals surface area contributed by atoms with Crippen LogP contribution in [0.15, 0.2) is 52.3 Å². The number of carbonyl (C=O) groups is 2. The van der Waals surface area contributed by atoms with Crippen molar-refractivity contribution in [1.82, 2.24) is 10.2 Å². The first-order valence-electron chi connectivity index (χ1n) is 10.7. The molecular weight excluding hydrogens is 410 g/mol. The van der Waals surface area contributed by atoms with Gasteiger partial charge in [-0.25, -0.2) is 4.79 Å². The number of carbonyl (C=O) groups excluding carboxylic acids is 2. The van der Waals surface area contributed by atoms with Crippen LogP contribution in [0.5, 0.6) is 0 Å². The highest BCUT2D eigenvalue weighted by molar-refractivity contribution is 7.99. The third-order valence-corrected chi connectivity index (χ3v) is 6.46. The molecular formula is C24H31N3O3S. The fraction of sp³-hybridized carbons (Fsp3) is 0.417. The van der Waals surface area contributed by atoms with Gasteiger partial charge in [-0.15, -0.1) is 0 Å². The Kier molecular flexibility index (Phi) is 8.23. The maximum atomic E-state index is 12.3. The molecule has 7 heteroatoms. The number of anilines is 1. The molecule has 1 N–H and O–H groups in total. The second kappa shape index (κ2) is 11.1. The minimum atomic E-state index is -0.277. The fourth-order valence-corrected chi connectivity index (χ4v) is 4.60. The molecule has 0 radical (unpaired) electrons. The molecule has 1 saturated heterocycles. The second-order valence-electron chi connectivity index (χ2n) is 7.76. The largest absolute Gasteiger partial charge is 0.449 e. The van der Waals surface area contributed by atoms with Gasteiger partial charge in [0.15, 0.2) is 0 Å². The summed E-state index contributed by atoms with van der Waals surface area (Å²) in [5.74, 6) is -0.0709. The Morgan fingerprint density at radius 3 is 2.48 bits per heavy atom. The van der Waals surface area contributed by atoms with Crippen molar-refractivity contribution in [3.8, 4) is 0 Å². The summed E-state index contributed by atoms with van der Waals surface area (Å²) in [6.45, 7) is 9.38. The van der Waals surface area contributed by atoms with Crippen LogP contribution in [0.3, 0.4) is 0 Å². The van der Waals surface area contributed by atoms with Gasteiger partial charge in [-0.3, -0.25) is 4.79 Å². The molecule has 2 amide bonds. The molecule has 2 aromatic carbocycles. The number of nitrogens with zero attached hydrogens (tertiary/aromatic N) is 2. The van der Waals surface area contributed by atoms with Crippen molar-refractivity contribution in [2.24, 2.45) is 0 Å². The highest BCUT2D eigenvalue weighted by Gasteiger charge is 2.23. The number of rotatable bonds is 7. The Morgan fingerprint density at radius 2 is 1.77 bits per heavy atom. The summed E-state index contributed by atoms with van der Waals surface area (Å²) in [5.41, 5.74) is 3.76. The minimum Gasteiger partial charge on any atom is -0.449 e. The summed E-state index contributed by atoms with van der Waals surface area (Å²) in [5, 5.41) is 2.70. The summed E-state index contributed by atoms with van der Waals surface area (Å²) in [6.07, 6.45) is 0.342. The van der Waals surface area contributed by atoms with Crippen molar-refractivity contribution in [2.75, 3.05) is 44.2 Å². The molecule has 1 aliphatic rings. The van der Waals surface area contributed by atoms with E-state index in [9.17, 15) is 9.59 Å². The van der Waals surface area contributed by atoms with E-state index in [-0.39, 0.29) is 12.0 Å². The van der Waals surface area contributed by atoms with Gasteiger partial charge in [0.25, 0.3) is 0 Å². The summed E-state index contributed by atoms with van der Waals surface area (Å²) in [6, 6.07) is 15.0. The van der Waals surface area contributed by atoms with Crippen molar-refractivity contribution in [3.63, 3.8) is 0 Å². The number of ether oxygens (including phenoxy) is 1. The lowest BCUT2D eigenvalue weighted by atomic mass is 10.2. The summed E-state index contributed by atoms with van der Waals surface area (Å²) >= 11 is 1.79. The number of amides is 2. The molecule has 0 bridgehead atoms. The fourth-order valence-electron chi connectivity index (χ4n) is 3.55. The molecule has 1 aliphatic heterocycles. The van der Waals surface area contributed by atoms with E-state index in [1.165, 1.54) is 33.5 Å². The Bertz CT molecular complexity index is 911. The van der Waals surface area contributed by atoms with Gasteiger partial charge in [-0.2, -0.15) is 0 Å². The lowest BCUT2D eigenvalue weighted by molar-refractivity contribution is -0.118. The van der Waals surface area contributed by atoms with Crippen molar-refractivity contribution >= 4 is 29.4 Å². The maximum absolute atomic E-state index is 12.3. The van der Waals surface area contributed by atoms with Crippen LogP contribution >= 0.6 is 11.8 Å². The Labute approximate surface area is 188 Å². The average molecular weight is 442 g/mol. The third-order valence-electron chi connectivity index (χ3n) is 5.21. The van der Waals surface area contributed by atoms with Gasteiger partial charge < -0.3 is 19.9 Å². The van der Waals surface area contributed by atoms with Crippen LogP contribution in [-0.2, 0) is 9.53 Å². The van der Waals surface area contributed by atoms with Crippen LogP contribution in [0.1, 0.15) is 24.5 Å². The molecule has 0 aliphatic carbocycles. The monoisotopic (exact) mass is 441 g/mol. The number of aryl methyl sites for hydroxylation is 2. The van der Waals surface area contributed by atoms with Crippen molar-refractivity contribution in [3.05, 3.63) is 53.6 Å². The predicted octanol–water partition coefficient (Wildman–Crippen LogP) is 4.24. The number of hydrogen-bond donors (Lipinski definition) is 1. The highest BCUT2D eigenvalue weighted by Crippen LogP contribution is 2.37. The van der Waals surface area contributed by atoms with Gasteiger partial charge in [0.05, 0.1) is 12.3 Å². The molecule has 0 saturated carbocycles. The van der Waals surface area contributed by atoms with Crippen LogP contribution in [-0.4, -0.2) is 56.2 Å². The van der Waals surface area contributed by atoms with E-state index in [0.29, 0.717) is 32.7 Å². The van der Waals surface area contributed by atoms with E-state index in [4.69, 9.17) is 4.74 Å². The smallest absolute Gasteiger partial charge is 0.409 e. The molecule has 0 atom stereocenters. The number of piperazine rings is 1. The Morgan fingerprint density at radius 1 is 1.03 bits per heavy atom. The zero-order valence-electron chi connectivity index (χ0n) is 18.5. The Balaban J connectivity index is 1.54. The maximum Gasteiger partial charge on any atom is 0.409 e. The SMILES string of the molecule is CC(=O)NCCCOC(=O)N1CCN(c2ccccc2Sc2ccc(C)cc2C)CC1. The van der Waals surface area contributed by atoms with Gasteiger partial charge in [0.2, 0.25) is 5.91 Å². The molecule has 0 spiro atoms. The topological polar surface area (TPSA) is 61.9 Å². The standard InChI is InChI=1S/C24H31N3O3S/c1-18-9-10-22(19(2)17-18)31-23-8-5-4-7-21(23)26-12-14-27(15-13-26)24(29)30-16-6-11-25-20(3)28/h4-5,7-10,17H,6,11-16H2,1-3H3,(H,25,28). The normalized spacial score (nSPS) is 13.8. The van der Waals surface area contributed by atoms with Crippen LogP contribution in [0.4, 0.5) is 10.5 Å². The van der Waals surface area contributed by atoms with Gasteiger partial charge in [-0.1, -0.05) is 41.6 Å². The van der Waals surface area contributed by atoms with Crippen LogP contribution in [0.2, 0.25) is 0 Å². The van der Waals surface area contributed by atoms with Gasteiger partial charge in [0.1, 0.15) is 0 Å². The van der Waals surface area contributed by atoms with E-state index in [0.717, 1.165) is 13.1 Å². The summed E-state index contributed by atoms with van der Waals surface area (Å²) in [7, 11) is 0. The van der Waals surface area contributed by atoms with Crippen molar-refractivity contribution < 1.29 is 14.3 Å². The summed E-state index contributed by atoms with van der Waals surface area (Å²) in [4.78, 5) is 29.8. The number of hydrogen-bond acceptors (Lipinski definition) is 5. The predicted molar refractivity (Wildman–Crippen MR) is 125 cm³/mol. The van der Waals surface area contributed by atoms with Crippen LogP contribution in [0.25, 0.3) is 0 Å². The number of para-hydroxylation sites is 1. The molecule has 166 valence electrons. The third kappa shape index (κ3) is 6.66. The first kappa shape index (κ1) is 23.0. The minimum absolute atomic E-state index is 0.0709. The first-order valence-corrected chi connectivity index (χ1v) is 11.5. The second-order valence-corrected chi connectivity index (χ2v) is 8.85. The molecule has 0 unspecified atom stereocenters. The molecule has 3 rings (SSSR count). The molecule has 0 aromatic heterocycles. The van der Waals surface area contributed by atoms with Crippen molar-refractivity contribution in [2.45, 2.75) is 37.0 Å². The quantitative estimate of drug-likeness (QED) is 0.651. The highest BCUT2D eigenvalue weighted by atomic mass is 32.2. The molecule has 6 nitrogen and oxygen atoms in total. The lowest BCUT2D eigenvalue weighted by Gasteiger charge is -2.36. The van der Waals surface area contributed by atoms with Crippen LogP contribution in [0, 0.1) is 13.8 Å². The number of benzene rings is 2. The van der Waals surface area contributed by atoms with Gasteiger partial charge >= 0.3 is 6.09 Å². The summed E-state index contributed by atoms with van der Waals surface area (Å²) < 4.78 is 5.34. The van der Waals surface area contributed by atoms with Crippen molar-refractivity contribution in [1.29, 1.82) is 0 Å². The zero-order chi connectivity index (χ0) is 22.2. The number of nitrogens with one attached hydrogen (secondary N) is 1. The zero-order valence-corrected chi connectivity index (χ0v) is 19.3.